The summed E-state index contributed by atoms with van der Waals surface area (Å²) < 4.78 is 0. The lowest BCUT2D eigenvalue weighted by Crippen LogP contribution is -1.89. The molecule has 2 aromatic rings. The van der Waals surface area contributed by atoms with Gasteiger partial charge < -0.3 is 4.98 Å². The quantitative estimate of drug-likeness (QED) is 0.646. The van der Waals surface area contributed by atoms with Crippen LogP contribution in [0.15, 0.2) is 24.5 Å². The minimum absolute atomic E-state index is 0.0416. The molecular formula is C9H8N2O. The van der Waals surface area contributed by atoms with E-state index in [1.165, 1.54) is 6.92 Å². The number of hydrogen-bond acceptors (Lipinski definition) is 2. The van der Waals surface area contributed by atoms with E-state index in [-0.39, 0.29) is 5.78 Å². The monoisotopic (exact) mass is 160 g/mol. The van der Waals surface area contributed by atoms with E-state index >= 15 is 0 Å². The van der Waals surface area contributed by atoms with E-state index in [2.05, 4.69) is 9.97 Å². The fourth-order valence-corrected chi connectivity index (χ4v) is 1.22. The van der Waals surface area contributed by atoms with Crippen molar-refractivity contribution in [2.45, 2.75) is 6.92 Å². The van der Waals surface area contributed by atoms with Crippen LogP contribution in [0.25, 0.3) is 11.0 Å². The highest BCUT2D eigenvalue weighted by Gasteiger charge is 2.06. The van der Waals surface area contributed by atoms with Crippen LogP contribution in [0, 0.1) is 0 Å². The van der Waals surface area contributed by atoms with Gasteiger partial charge in [0.2, 0.25) is 0 Å². The number of aromatic amines is 1. The fraction of sp³-hybridized carbons (Fsp3) is 0.111. The Bertz CT molecular complexity index is 431. The Morgan fingerprint density at radius 1 is 1.58 bits per heavy atom. The molecule has 0 radical (unpaired) electrons. The molecule has 1 N–H and O–H groups in total. The van der Waals surface area contributed by atoms with Crippen molar-refractivity contribution in [3.05, 3.63) is 30.1 Å². The number of nitrogens with one attached hydrogen (secondary N) is 1. The number of pyridine rings is 1. The Labute approximate surface area is 69.4 Å². The van der Waals surface area contributed by atoms with E-state index in [1.54, 1.807) is 12.4 Å². The van der Waals surface area contributed by atoms with Crippen LogP contribution >= 0.6 is 0 Å². The van der Waals surface area contributed by atoms with E-state index in [0.29, 0.717) is 5.56 Å². The minimum atomic E-state index is 0.0416. The summed E-state index contributed by atoms with van der Waals surface area (Å²) >= 11 is 0. The van der Waals surface area contributed by atoms with Gasteiger partial charge in [-0.3, -0.25) is 9.78 Å². The number of ketones is 1. The molecule has 0 aliphatic rings. The lowest BCUT2D eigenvalue weighted by atomic mass is 10.2. The Balaban J connectivity index is 2.79. The first-order chi connectivity index (χ1) is 5.79. The molecule has 0 amide bonds. The van der Waals surface area contributed by atoms with Crippen molar-refractivity contribution >= 4 is 16.8 Å². The molecule has 0 unspecified atom stereocenters. The average Bonchev–Trinajstić information content (AvgIpc) is 2.47. The molecule has 2 aromatic heterocycles. The first-order valence-corrected chi connectivity index (χ1v) is 3.72. The molecule has 12 heavy (non-hydrogen) atoms. The number of carbonyl (C=O) groups excluding carboxylic acids is 1. The average molecular weight is 160 g/mol. The van der Waals surface area contributed by atoms with E-state index in [9.17, 15) is 4.79 Å². The standard InChI is InChI=1S/C9H8N2O/c1-6(12)7-5-11-8-3-2-4-10-9(7)8/h2-5,11H,1H3. The number of rotatable bonds is 1. The highest BCUT2D eigenvalue weighted by molar-refractivity contribution is 6.04. The van der Waals surface area contributed by atoms with Gasteiger partial charge in [0.15, 0.2) is 5.78 Å². The molecule has 0 aliphatic carbocycles. The molecule has 2 heterocycles. The zero-order valence-electron chi connectivity index (χ0n) is 6.66. The maximum absolute atomic E-state index is 11.1. The molecule has 60 valence electrons. The van der Waals surface area contributed by atoms with Gasteiger partial charge in [0.05, 0.1) is 16.6 Å². The summed E-state index contributed by atoms with van der Waals surface area (Å²) in [6.45, 7) is 1.54. The van der Waals surface area contributed by atoms with Gasteiger partial charge in [0.25, 0.3) is 0 Å². The second-order valence-corrected chi connectivity index (χ2v) is 2.66. The maximum Gasteiger partial charge on any atom is 0.163 e. The summed E-state index contributed by atoms with van der Waals surface area (Å²) in [5, 5.41) is 0. The fourth-order valence-electron chi connectivity index (χ4n) is 1.22. The van der Waals surface area contributed by atoms with Gasteiger partial charge in [-0.1, -0.05) is 0 Å². The van der Waals surface area contributed by atoms with Crippen LogP contribution < -0.4 is 0 Å². The van der Waals surface area contributed by atoms with E-state index in [0.717, 1.165) is 11.0 Å². The normalized spacial score (nSPS) is 10.4. The zero-order valence-corrected chi connectivity index (χ0v) is 6.66. The Hall–Kier alpha value is -1.64. The van der Waals surface area contributed by atoms with Crippen molar-refractivity contribution < 1.29 is 4.79 Å². The summed E-state index contributed by atoms with van der Waals surface area (Å²) in [7, 11) is 0. The van der Waals surface area contributed by atoms with Gasteiger partial charge in [-0.15, -0.1) is 0 Å². The van der Waals surface area contributed by atoms with Crippen molar-refractivity contribution in [1.82, 2.24) is 9.97 Å². The van der Waals surface area contributed by atoms with Crippen LogP contribution in [0.5, 0.6) is 0 Å². The van der Waals surface area contributed by atoms with E-state index < -0.39 is 0 Å². The number of nitrogens with zero attached hydrogens (tertiary/aromatic N) is 1. The molecule has 0 atom stereocenters. The third-order valence-electron chi connectivity index (χ3n) is 1.81. The molecule has 0 aliphatic heterocycles. The number of H-pyrrole nitrogens is 1. The van der Waals surface area contributed by atoms with Crippen molar-refractivity contribution in [2.24, 2.45) is 0 Å². The van der Waals surface area contributed by atoms with Crippen molar-refractivity contribution in [3.8, 4) is 0 Å². The predicted molar refractivity (Wildman–Crippen MR) is 46.1 cm³/mol. The second kappa shape index (κ2) is 2.44. The third-order valence-corrected chi connectivity index (χ3v) is 1.81. The SMILES string of the molecule is CC(=O)c1c[nH]c2cccnc12. The van der Waals surface area contributed by atoms with Gasteiger partial charge >= 0.3 is 0 Å². The van der Waals surface area contributed by atoms with E-state index in [4.69, 9.17) is 0 Å². The Kier molecular flexibility index (Phi) is 1.43. The Morgan fingerprint density at radius 2 is 2.42 bits per heavy atom. The van der Waals surface area contributed by atoms with Crippen molar-refractivity contribution in [3.63, 3.8) is 0 Å². The summed E-state index contributed by atoms with van der Waals surface area (Å²) in [5.41, 5.74) is 2.32. The summed E-state index contributed by atoms with van der Waals surface area (Å²) in [6.07, 6.45) is 3.38. The molecule has 3 heteroatoms. The number of carbonyl (C=O) groups is 1. The molecule has 3 nitrogen and oxygen atoms in total. The van der Waals surface area contributed by atoms with Crippen LogP contribution in [0.3, 0.4) is 0 Å². The van der Waals surface area contributed by atoms with Crippen LogP contribution in [0.4, 0.5) is 0 Å². The molecule has 0 aromatic carbocycles. The zero-order chi connectivity index (χ0) is 8.55. The largest absolute Gasteiger partial charge is 0.359 e. The molecular weight excluding hydrogens is 152 g/mol. The predicted octanol–water partition coefficient (Wildman–Crippen LogP) is 1.77. The third kappa shape index (κ3) is 0.906. The highest BCUT2D eigenvalue weighted by atomic mass is 16.1. The van der Waals surface area contributed by atoms with Crippen molar-refractivity contribution in [1.29, 1.82) is 0 Å². The summed E-state index contributed by atoms with van der Waals surface area (Å²) in [5.74, 6) is 0.0416. The molecule has 0 saturated heterocycles. The van der Waals surface area contributed by atoms with Crippen LogP contribution in [-0.2, 0) is 0 Å². The number of fused-ring (bicyclic) bond motifs is 1. The molecule has 0 spiro atoms. The lowest BCUT2D eigenvalue weighted by molar-refractivity contribution is 0.101. The van der Waals surface area contributed by atoms with Crippen molar-refractivity contribution in [2.75, 3.05) is 0 Å². The van der Waals surface area contributed by atoms with Crippen LogP contribution in [0.1, 0.15) is 17.3 Å². The summed E-state index contributed by atoms with van der Waals surface area (Å²) in [4.78, 5) is 18.2. The minimum Gasteiger partial charge on any atom is -0.359 e. The molecule has 0 bridgehead atoms. The topological polar surface area (TPSA) is 45.8 Å². The van der Waals surface area contributed by atoms with Gasteiger partial charge in [0, 0.05) is 12.4 Å². The highest BCUT2D eigenvalue weighted by Crippen LogP contribution is 2.14. The van der Waals surface area contributed by atoms with Gasteiger partial charge in [0.1, 0.15) is 0 Å². The van der Waals surface area contributed by atoms with Crippen LogP contribution in [0.2, 0.25) is 0 Å². The maximum atomic E-state index is 11.1. The first-order valence-electron chi connectivity index (χ1n) is 3.72. The lowest BCUT2D eigenvalue weighted by Gasteiger charge is -1.89. The number of Topliss-reactive ketones (excluding diaryl/α,β-unsaturated/α-hetero) is 1. The van der Waals surface area contributed by atoms with Gasteiger partial charge in [-0.05, 0) is 19.1 Å². The first kappa shape index (κ1) is 7.03. The molecule has 0 fully saturated rings. The molecule has 2 rings (SSSR count). The molecule has 0 saturated carbocycles. The Morgan fingerprint density at radius 3 is 3.17 bits per heavy atom. The number of hydrogen-bond donors (Lipinski definition) is 1. The van der Waals surface area contributed by atoms with E-state index in [1.807, 2.05) is 12.1 Å². The smallest absolute Gasteiger partial charge is 0.163 e. The number of aromatic nitrogens is 2. The van der Waals surface area contributed by atoms with Crippen LogP contribution in [-0.4, -0.2) is 15.8 Å². The van der Waals surface area contributed by atoms with Gasteiger partial charge in [-0.25, -0.2) is 0 Å². The second-order valence-electron chi connectivity index (χ2n) is 2.66. The summed E-state index contributed by atoms with van der Waals surface area (Å²) in [6, 6.07) is 3.73. The van der Waals surface area contributed by atoms with Gasteiger partial charge in [-0.2, -0.15) is 0 Å².